The molecule has 0 saturated heterocycles. The van der Waals surface area contributed by atoms with E-state index in [0.29, 0.717) is 5.69 Å². The Morgan fingerprint density at radius 2 is 2.00 bits per heavy atom. The number of nitro groups is 1. The molecule has 0 unspecified atom stereocenters. The summed E-state index contributed by atoms with van der Waals surface area (Å²) in [6, 6.07) is 8.40. The van der Waals surface area contributed by atoms with Crippen LogP contribution in [0.5, 0.6) is 0 Å². The highest BCUT2D eigenvalue weighted by Crippen LogP contribution is 2.24. The highest BCUT2D eigenvalue weighted by molar-refractivity contribution is 6.33. The number of benzene rings is 2. The van der Waals surface area contributed by atoms with Crippen LogP contribution < -0.4 is 5.32 Å². The Balaban J connectivity index is 2.39. The fraction of sp³-hybridized carbons (Fsp3) is 0.0714. The Morgan fingerprint density at radius 3 is 2.62 bits per heavy atom. The Labute approximate surface area is 124 Å². The Hall–Kier alpha value is -2.47. The zero-order valence-electron chi connectivity index (χ0n) is 10.9. The third-order valence-corrected chi connectivity index (χ3v) is 3.15. The Bertz CT molecular complexity index is 734. The van der Waals surface area contributed by atoms with Crippen LogP contribution in [0, 0.1) is 22.9 Å². The second-order valence-electron chi connectivity index (χ2n) is 4.32. The Kier molecular flexibility index (Phi) is 4.18. The number of nitrogens with zero attached hydrogens (tertiary/aromatic N) is 1. The number of nitrogens with one attached hydrogen (secondary N) is 1. The topological polar surface area (TPSA) is 72.2 Å². The van der Waals surface area contributed by atoms with Crippen molar-refractivity contribution in [3.05, 3.63) is 68.5 Å². The van der Waals surface area contributed by atoms with Gasteiger partial charge in [-0.2, -0.15) is 0 Å². The first-order chi connectivity index (χ1) is 9.90. The second-order valence-corrected chi connectivity index (χ2v) is 4.72. The van der Waals surface area contributed by atoms with Gasteiger partial charge in [0.1, 0.15) is 5.82 Å². The zero-order chi connectivity index (χ0) is 15.6. The molecule has 0 radical (unpaired) electrons. The first-order valence-electron chi connectivity index (χ1n) is 5.90. The molecule has 0 aromatic heterocycles. The van der Waals surface area contributed by atoms with Crippen LogP contribution in [0.25, 0.3) is 0 Å². The molecule has 21 heavy (non-hydrogen) atoms. The molecule has 2 aromatic rings. The van der Waals surface area contributed by atoms with Crippen LogP contribution in [0.3, 0.4) is 0 Å². The molecule has 2 rings (SSSR count). The van der Waals surface area contributed by atoms with E-state index in [-0.39, 0.29) is 16.3 Å². The van der Waals surface area contributed by atoms with E-state index in [1.165, 1.54) is 6.92 Å². The summed E-state index contributed by atoms with van der Waals surface area (Å²) in [6.07, 6.45) is 0. The van der Waals surface area contributed by atoms with Crippen molar-refractivity contribution in [2.24, 2.45) is 0 Å². The van der Waals surface area contributed by atoms with Crippen LogP contribution in [-0.4, -0.2) is 10.8 Å². The SMILES string of the molecule is Cc1cc([N+](=O)[O-])cc(C(=O)Nc2ccccc2Cl)c1F. The van der Waals surface area contributed by atoms with Gasteiger partial charge in [0.2, 0.25) is 0 Å². The number of para-hydroxylation sites is 1. The maximum atomic E-state index is 14.0. The van der Waals surface area contributed by atoms with Crippen molar-refractivity contribution in [1.82, 2.24) is 0 Å². The molecule has 1 N–H and O–H groups in total. The highest BCUT2D eigenvalue weighted by atomic mass is 35.5. The molecule has 0 aliphatic heterocycles. The summed E-state index contributed by atoms with van der Waals surface area (Å²) in [5.74, 6) is -1.60. The number of carbonyl (C=O) groups excluding carboxylic acids is 1. The molecular weight excluding hydrogens is 299 g/mol. The largest absolute Gasteiger partial charge is 0.321 e. The fourth-order valence-corrected chi connectivity index (χ4v) is 1.96. The first kappa shape index (κ1) is 14.9. The quantitative estimate of drug-likeness (QED) is 0.689. The van der Waals surface area contributed by atoms with E-state index in [1.807, 2.05) is 0 Å². The normalized spacial score (nSPS) is 10.2. The van der Waals surface area contributed by atoms with Gasteiger partial charge in [-0.05, 0) is 24.6 Å². The van der Waals surface area contributed by atoms with Gasteiger partial charge in [-0.1, -0.05) is 23.7 Å². The number of nitro benzene ring substituents is 1. The van der Waals surface area contributed by atoms with Crippen LogP contribution >= 0.6 is 11.6 Å². The molecule has 0 heterocycles. The summed E-state index contributed by atoms with van der Waals surface area (Å²) >= 11 is 5.89. The molecule has 0 atom stereocenters. The predicted molar refractivity (Wildman–Crippen MR) is 77.2 cm³/mol. The molecule has 108 valence electrons. The molecule has 0 fully saturated rings. The summed E-state index contributed by atoms with van der Waals surface area (Å²) in [7, 11) is 0. The number of hydrogen-bond acceptors (Lipinski definition) is 3. The van der Waals surface area contributed by atoms with E-state index in [0.717, 1.165) is 12.1 Å². The van der Waals surface area contributed by atoms with E-state index in [2.05, 4.69) is 5.32 Å². The molecule has 0 bridgehead atoms. The number of amides is 1. The van der Waals surface area contributed by atoms with Crippen molar-refractivity contribution in [3.63, 3.8) is 0 Å². The zero-order valence-corrected chi connectivity index (χ0v) is 11.6. The van der Waals surface area contributed by atoms with Crippen molar-refractivity contribution in [2.45, 2.75) is 6.92 Å². The lowest BCUT2D eigenvalue weighted by atomic mass is 10.1. The van der Waals surface area contributed by atoms with Crippen LogP contribution in [0.4, 0.5) is 15.8 Å². The lowest BCUT2D eigenvalue weighted by Crippen LogP contribution is -2.15. The highest BCUT2D eigenvalue weighted by Gasteiger charge is 2.20. The predicted octanol–water partition coefficient (Wildman–Crippen LogP) is 3.95. The minimum atomic E-state index is -0.801. The third kappa shape index (κ3) is 3.17. The smallest absolute Gasteiger partial charge is 0.270 e. The average Bonchev–Trinajstić information content (AvgIpc) is 2.43. The third-order valence-electron chi connectivity index (χ3n) is 2.82. The fourth-order valence-electron chi connectivity index (χ4n) is 1.77. The molecule has 5 nitrogen and oxygen atoms in total. The molecular formula is C14H10ClFN2O3. The first-order valence-corrected chi connectivity index (χ1v) is 6.28. The summed E-state index contributed by atoms with van der Waals surface area (Å²) in [5.41, 5.74) is -0.430. The van der Waals surface area contributed by atoms with Gasteiger partial charge in [-0.3, -0.25) is 14.9 Å². The van der Waals surface area contributed by atoms with Gasteiger partial charge in [-0.15, -0.1) is 0 Å². The van der Waals surface area contributed by atoms with Gasteiger partial charge < -0.3 is 5.32 Å². The van der Waals surface area contributed by atoms with Gasteiger partial charge in [0.25, 0.3) is 11.6 Å². The molecule has 0 saturated carbocycles. The van der Waals surface area contributed by atoms with Crippen LogP contribution in [0.1, 0.15) is 15.9 Å². The van der Waals surface area contributed by atoms with Crippen molar-refractivity contribution < 1.29 is 14.1 Å². The van der Waals surface area contributed by atoms with E-state index >= 15 is 0 Å². The van der Waals surface area contributed by atoms with Gasteiger partial charge in [0, 0.05) is 12.1 Å². The Morgan fingerprint density at radius 1 is 1.33 bits per heavy atom. The van der Waals surface area contributed by atoms with E-state index < -0.39 is 22.2 Å². The molecule has 2 aromatic carbocycles. The molecule has 0 aliphatic carbocycles. The lowest BCUT2D eigenvalue weighted by Gasteiger charge is -2.09. The number of aryl methyl sites for hydroxylation is 1. The van der Waals surface area contributed by atoms with E-state index in [9.17, 15) is 19.3 Å². The molecule has 1 amide bonds. The van der Waals surface area contributed by atoms with Crippen molar-refractivity contribution in [3.8, 4) is 0 Å². The van der Waals surface area contributed by atoms with Crippen molar-refractivity contribution in [2.75, 3.05) is 5.32 Å². The lowest BCUT2D eigenvalue weighted by molar-refractivity contribution is -0.385. The van der Waals surface area contributed by atoms with Crippen LogP contribution in [0.2, 0.25) is 5.02 Å². The molecule has 0 spiro atoms. The average molecular weight is 309 g/mol. The van der Waals surface area contributed by atoms with E-state index in [1.54, 1.807) is 24.3 Å². The maximum absolute atomic E-state index is 14.0. The van der Waals surface area contributed by atoms with E-state index in [4.69, 9.17) is 11.6 Å². The standard InChI is InChI=1S/C14H10ClFN2O3/c1-8-6-9(18(20)21)7-10(13(8)16)14(19)17-12-5-3-2-4-11(12)15/h2-7H,1H3,(H,17,19). The van der Waals surface area contributed by atoms with Gasteiger partial charge in [0.15, 0.2) is 0 Å². The molecule has 7 heteroatoms. The number of non-ortho nitro benzene ring substituents is 1. The number of halogens is 2. The molecule has 0 aliphatic rings. The monoisotopic (exact) mass is 308 g/mol. The van der Waals surface area contributed by atoms with Gasteiger partial charge in [0.05, 0.1) is 21.2 Å². The maximum Gasteiger partial charge on any atom is 0.270 e. The summed E-state index contributed by atoms with van der Waals surface area (Å²) in [4.78, 5) is 22.2. The van der Waals surface area contributed by atoms with Crippen molar-refractivity contribution >= 4 is 28.9 Å². The minimum absolute atomic E-state index is 0.0218. The van der Waals surface area contributed by atoms with Gasteiger partial charge in [-0.25, -0.2) is 4.39 Å². The van der Waals surface area contributed by atoms with Crippen LogP contribution in [0.15, 0.2) is 36.4 Å². The van der Waals surface area contributed by atoms with Gasteiger partial charge >= 0.3 is 0 Å². The van der Waals surface area contributed by atoms with Crippen molar-refractivity contribution in [1.29, 1.82) is 0 Å². The number of anilines is 1. The summed E-state index contributed by atoms with van der Waals surface area (Å²) in [6.45, 7) is 1.36. The number of hydrogen-bond donors (Lipinski definition) is 1. The summed E-state index contributed by atoms with van der Waals surface area (Å²) in [5, 5.41) is 13.5. The second kappa shape index (κ2) is 5.88. The number of rotatable bonds is 3. The minimum Gasteiger partial charge on any atom is -0.321 e. The number of carbonyl (C=O) groups is 1. The van der Waals surface area contributed by atoms with Crippen LogP contribution in [-0.2, 0) is 0 Å². The summed E-state index contributed by atoms with van der Waals surface area (Å²) < 4.78 is 14.0.